The quantitative estimate of drug-likeness (QED) is 0.859. The minimum atomic E-state index is -3.65. The lowest BCUT2D eigenvalue weighted by Gasteiger charge is -2.30. The molecule has 0 aliphatic carbocycles. The van der Waals surface area contributed by atoms with Crippen molar-refractivity contribution in [3.05, 3.63) is 42.5 Å². The molecule has 3 rings (SSSR count). The summed E-state index contributed by atoms with van der Waals surface area (Å²) in [5.74, 6) is -0.336. The number of para-hydroxylation sites is 1. The number of hydrogen-bond donors (Lipinski definition) is 1. The van der Waals surface area contributed by atoms with E-state index >= 15 is 0 Å². The van der Waals surface area contributed by atoms with Crippen molar-refractivity contribution in [2.45, 2.75) is 18.1 Å². The van der Waals surface area contributed by atoms with Gasteiger partial charge in [-0.1, -0.05) is 18.2 Å². The molecule has 122 valence electrons. The normalized spacial score (nSPS) is 18.8. The Morgan fingerprint density at radius 2 is 2.00 bits per heavy atom. The Kier molecular flexibility index (Phi) is 4.14. The summed E-state index contributed by atoms with van der Waals surface area (Å²) in [5, 5.41) is 8.64. The van der Waals surface area contributed by atoms with Gasteiger partial charge in [-0.2, -0.15) is 0 Å². The van der Waals surface area contributed by atoms with Gasteiger partial charge < -0.3 is 4.90 Å². The molecule has 9 heteroatoms. The van der Waals surface area contributed by atoms with Crippen molar-refractivity contribution in [3.8, 4) is 5.69 Å². The van der Waals surface area contributed by atoms with E-state index in [9.17, 15) is 13.2 Å². The standard InChI is InChI=1S/C14H17N5O3S/c15-23(21,22)12-7-4-8-18(9-12)14(20)13-16-10-19(17-13)11-5-2-1-3-6-11/h1-3,5-6,10,12H,4,7-9H2,(H2,15,21,22). The zero-order valence-electron chi connectivity index (χ0n) is 12.4. The first-order valence-corrected chi connectivity index (χ1v) is 8.84. The predicted octanol–water partition coefficient (Wildman–Crippen LogP) is 0.160. The second kappa shape index (κ2) is 6.09. The lowest BCUT2D eigenvalue weighted by Crippen LogP contribution is -2.47. The number of nitrogens with two attached hydrogens (primary N) is 1. The van der Waals surface area contributed by atoms with E-state index < -0.39 is 15.3 Å². The molecule has 0 radical (unpaired) electrons. The van der Waals surface area contributed by atoms with Crippen molar-refractivity contribution in [1.82, 2.24) is 19.7 Å². The second-order valence-corrected chi connectivity index (χ2v) is 7.30. The molecule has 2 N–H and O–H groups in total. The van der Waals surface area contributed by atoms with Gasteiger partial charge in [0.25, 0.3) is 5.91 Å². The second-order valence-electron chi connectivity index (χ2n) is 5.45. The smallest absolute Gasteiger partial charge is 0.293 e. The topological polar surface area (TPSA) is 111 Å². The van der Waals surface area contributed by atoms with E-state index in [1.54, 1.807) is 0 Å². The summed E-state index contributed by atoms with van der Waals surface area (Å²) >= 11 is 0. The molecule has 0 saturated carbocycles. The van der Waals surface area contributed by atoms with Gasteiger partial charge in [-0.05, 0) is 25.0 Å². The molecule has 1 amide bonds. The maximum Gasteiger partial charge on any atom is 0.293 e. The van der Waals surface area contributed by atoms with Crippen molar-refractivity contribution < 1.29 is 13.2 Å². The zero-order valence-corrected chi connectivity index (χ0v) is 13.2. The molecule has 1 aromatic carbocycles. The summed E-state index contributed by atoms with van der Waals surface area (Å²) in [7, 11) is -3.65. The number of carbonyl (C=O) groups is 1. The molecule has 2 heterocycles. The fourth-order valence-corrected chi connectivity index (χ4v) is 3.48. The SMILES string of the molecule is NS(=O)(=O)C1CCCN(C(=O)c2ncn(-c3ccccc3)n2)C1. The van der Waals surface area contributed by atoms with Crippen LogP contribution in [0.25, 0.3) is 5.69 Å². The Balaban J connectivity index is 1.77. The van der Waals surface area contributed by atoms with Crippen molar-refractivity contribution in [3.63, 3.8) is 0 Å². The molecule has 1 saturated heterocycles. The van der Waals surface area contributed by atoms with Crippen LogP contribution in [0, 0.1) is 0 Å². The maximum atomic E-state index is 12.5. The van der Waals surface area contributed by atoms with E-state index in [0.29, 0.717) is 19.4 Å². The van der Waals surface area contributed by atoms with Crippen LogP contribution in [-0.4, -0.2) is 52.3 Å². The largest absolute Gasteiger partial charge is 0.335 e. The highest BCUT2D eigenvalue weighted by atomic mass is 32.2. The first kappa shape index (κ1) is 15.6. The maximum absolute atomic E-state index is 12.5. The number of carbonyl (C=O) groups excluding carboxylic acids is 1. The third-order valence-electron chi connectivity index (χ3n) is 3.83. The Labute approximate surface area is 134 Å². The lowest BCUT2D eigenvalue weighted by molar-refractivity contribution is 0.0714. The number of benzene rings is 1. The van der Waals surface area contributed by atoms with E-state index in [0.717, 1.165) is 5.69 Å². The molecule has 8 nitrogen and oxygen atoms in total. The van der Waals surface area contributed by atoms with Gasteiger partial charge in [0, 0.05) is 13.1 Å². The van der Waals surface area contributed by atoms with Crippen LogP contribution >= 0.6 is 0 Å². The van der Waals surface area contributed by atoms with Gasteiger partial charge in [-0.15, -0.1) is 5.10 Å². The van der Waals surface area contributed by atoms with Crippen LogP contribution in [0.4, 0.5) is 0 Å². The van der Waals surface area contributed by atoms with Crippen LogP contribution in [0.5, 0.6) is 0 Å². The van der Waals surface area contributed by atoms with Crippen LogP contribution in [-0.2, 0) is 10.0 Å². The average molecular weight is 335 g/mol. The molecule has 1 fully saturated rings. The zero-order chi connectivity index (χ0) is 16.4. The Hall–Kier alpha value is -2.26. The first-order valence-electron chi connectivity index (χ1n) is 7.23. The summed E-state index contributed by atoms with van der Waals surface area (Å²) in [6.07, 6.45) is 2.52. The predicted molar refractivity (Wildman–Crippen MR) is 83.4 cm³/mol. The minimum absolute atomic E-state index is 0.0453. The highest BCUT2D eigenvalue weighted by Crippen LogP contribution is 2.17. The van der Waals surface area contributed by atoms with Crippen LogP contribution in [0.1, 0.15) is 23.5 Å². The molecule has 1 aromatic heterocycles. The number of piperidine rings is 1. The van der Waals surface area contributed by atoms with Gasteiger partial charge in [0.05, 0.1) is 10.9 Å². The molecule has 1 unspecified atom stereocenters. The fourth-order valence-electron chi connectivity index (χ4n) is 2.60. The van der Waals surface area contributed by atoms with Gasteiger partial charge in [0.2, 0.25) is 15.8 Å². The number of primary sulfonamides is 1. The van der Waals surface area contributed by atoms with E-state index in [4.69, 9.17) is 5.14 Å². The van der Waals surface area contributed by atoms with Gasteiger partial charge in [-0.3, -0.25) is 4.79 Å². The van der Waals surface area contributed by atoms with Crippen molar-refractivity contribution in [2.24, 2.45) is 5.14 Å². The summed E-state index contributed by atoms with van der Waals surface area (Å²) in [5.41, 5.74) is 0.792. The minimum Gasteiger partial charge on any atom is -0.335 e. The molecular formula is C14H17N5O3S. The third kappa shape index (κ3) is 3.40. The third-order valence-corrected chi connectivity index (χ3v) is 5.15. The Morgan fingerprint density at radius 3 is 2.70 bits per heavy atom. The molecule has 2 aromatic rings. The monoisotopic (exact) mass is 335 g/mol. The molecule has 0 bridgehead atoms. The van der Waals surface area contributed by atoms with E-state index in [1.165, 1.54) is 15.9 Å². The number of amides is 1. The van der Waals surface area contributed by atoms with Crippen LogP contribution in [0.2, 0.25) is 0 Å². The number of aromatic nitrogens is 3. The molecule has 0 spiro atoms. The van der Waals surface area contributed by atoms with E-state index in [2.05, 4.69) is 10.1 Å². The summed E-state index contributed by atoms with van der Waals surface area (Å²) in [6.45, 7) is 0.558. The molecule has 1 atom stereocenters. The molecule has 1 aliphatic rings. The number of sulfonamides is 1. The van der Waals surface area contributed by atoms with Crippen LogP contribution in [0.15, 0.2) is 36.7 Å². The molecule has 23 heavy (non-hydrogen) atoms. The summed E-state index contributed by atoms with van der Waals surface area (Å²) in [6, 6.07) is 9.30. The molecule has 1 aliphatic heterocycles. The first-order chi connectivity index (χ1) is 10.9. The van der Waals surface area contributed by atoms with E-state index in [1.807, 2.05) is 30.3 Å². The number of nitrogens with zero attached hydrogens (tertiary/aromatic N) is 4. The summed E-state index contributed by atoms with van der Waals surface area (Å²) in [4.78, 5) is 18.0. The summed E-state index contributed by atoms with van der Waals surface area (Å²) < 4.78 is 24.5. The Morgan fingerprint density at radius 1 is 1.26 bits per heavy atom. The van der Waals surface area contributed by atoms with Gasteiger partial charge in [0.15, 0.2) is 0 Å². The molecular weight excluding hydrogens is 318 g/mol. The van der Waals surface area contributed by atoms with Gasteiger partial charge in [-0.25, -0.2) is 23.2 Å². The van der Waals surface area contributed by atoms with Crippen molar-refractivity contribution >= 4 is 15.9 Å². The number of hydrogen-bond acceptors (Lipinski definition) is 5. The Bertz CT molecular complexity index is 803. The van der Waals surface area contributed by atoms with Gasteiger partial charge in [0.1, 0.15) is 6.33 Å². The average Bonchev–Trinajstić information content (AvgIpc) is 3.04. The van der Waals surface area contributed by atoms with Crippen LogP contribution in [0.3, 0.4) is 0 Å². The van der Waals surface area contributed by atoms with Crippen LogP contribution < -0.4 is 5.14 Å². The van der Waals surface area contributed by atoms with E-state index in [-0.39, 0.29) is 18.3 Å². The van der Waals surface area contributed by atoms with Crippen molar-refractivity contribution in [2.75, 3.05) is 13.1 Å². The van der Waals surface area contributed by atoms with Crippen molar-refractivity contribution in [1.29, 1.82) is 0 Å². The highest BCUT2D eigenvalue weighted by Gasteiger charge is 2.32. The number of rotatable bonds is 3. The fraction of sp³-hybridized carbons (Fsp3) is 0.357. The number of likely N-dealkylation sites (tertiary alicyclic amines) is 1. The van der Waals surface area contributed by atoms with Gasteiger partial charge >= 0.3 is 0 Å². The lowest BCUT2D eigenvalue weighted by atomic mass is 10.1. The highest BCUT2D eigenvalue weighted by molar-refractivity contribution is 7.89.